The van der Waals surface area contributed by atoms with E-state index in [2.05, 4.69) is 0 Å². The van der Waals surface area contributed by atoms with Crippen LogP contribution in [0.5, 0.6) is 0 Å². The molecular weight excluding hydrogens is 264 g/mol. The van der Waals surface area contributed by atoms with E-state index < -0.39 is 36.6 Å². The van der Waals surface area contributed by atoms with Crippen LogP contribution in [0.4, 0.5) is 0 Å². The molecule has 1 aliphatic rings. The van der Waals surface area contributed by atoms with Gasteiger partial charge in [0, 0.05) is 7.11 Å². The summed E-state index contributed by atoms with van der Waals surface area (Å²) in [5.74, 6) is 0. The largest absolute Gasteiger partial charge is 0.387 e. The van der Waals surface area contributed by atoms with E-state index in [1.54, 1.807) is 0 Å². The Balaban J connectivity index is 2.07. The van der Waals surface area contributed by atoms with Crippen LogP contribution < -0.4 is 0 Å². The Morgan fingerprint density at radius 3 is 1.95 bits per heavy atom. The molecule has 2 rings (SSSR count). The third kappa shape index (κ3) is 3.01. The predicted octanol–water partition coefficient (Wildman–Crippen LogP) is -0.956. The van der Waals surface area contributed by atoms with Gasteiger partial charge in [-0.3, -0.25) is 0 Å². The molecule has 1 saturated carbocycles. The molecule has 0 saturated heterocycles. The number of benzene rings is 1. The summed E-state index contributed by atoms with van der Waals surface area (Å²) in [4.78, 5) is 0. The Bertz CT molecular complexity index is 411. The van der Waals surface area contributed by atoms with Gasteiger partial charge >= 0.3 is 0 Å². The van der Waals surface area contributed by atoms with Gasteiger partial charge in [-0.15, -0.1) is 0 Å². The molecule has 0 radical (unpaired) electrons. The van der Waals surface area contributed by atoms with Crippen LogP contribution >= 0.6 is 0 Å². The quantitative estimate of drug-likeness (QED) is 0.568. The fourth-order valence-electron chi connectivity index (χ4n) is 2.42. The van der Waals surface area contributed by atoms with E-state index in [1.165, 1.54) is 7.11 Å². The van der Waals surface area contributed by atoms with Crippen LogP contribution in [-0.2, 0) is 16.1 Å². The zero-order valence-electron chi connectivity index (χ0n) is 11.2. The fourth-order valence-corrected chi connectivity index (χ4v) is 2.42. The van der Waals surface area contributed by atoms with E-state index in [0.717, 1.165) is 5.56 Å². The lowest BCUT2D eigenvalue weighted by molar-refractivity contribution is -0.243. The highest BCUT2D eigenvalue weighted by Crippen LogP contribution is 2.26. The maximum absolute atomic E-state index is 9.98. The Morgan fingerprint density at radius 1 is 0.850 bits per heavy atom. The molecule has 1 aromatic rings. The molecule has 1 aromatic carbocycles. The molecule has 112 valence electrons. The first kappa shape index (κ1) is 15.4. The van der Waals surface area contributed by atoms with Gasteiger partial charge in [0.1, 0.15) is 36.6 Å². The number of ether oxygens (including phenoxy) is 2. The van der Waals surface area contributed by atoms with Gasteiger partial charge in [0.05, 0.1) is 6.61 Å². The van der Waals surface area contributed by atoms with Crippen LogP contribution in [0.1, 0.15) is 5.56 Å². The van der Waals surface area contributed by atoms with Gasteiger partial charge in [0.2, 0.25) is 0 Å². The number of aliphatic hydroxyl groups excluding tert-OH is 4. The van der Waals surface area contributed by atoms with E-state index in [1.807, 2.05) is 30.3 Å². The molecule has 0 heterocycles. The summed E-state index contributed by atoms with van der Waals surface area (Å²) in [7, 11) is 1.35. The molecule has 0 aliphatic heterocycles. The molecule has 0 bridgehead atoms. The van der Waals surface area contributed by atoms with E-state index in [-0.39, 0.29) is 6.61 Å². The molecule has 6 atom stereocenters. The topological polar surface area (TPSA) is 99.4 Å². The van der Waals surface area contributed by atoms with Crippen LogP contribution in [0.15, 0.2) is 30.3 Å². The molecule has 4 N–H and O–H groups in total. The summed E-state index contributed by atoms with van der Waals surface area (Å²) >= 11 is 0. The van der Waals surface area contributed by atoms with Gasteiger partial charge in [0.15, 0.2) is 0 Å². The molecule has 6 heteroatoms. The summed E-state index contributed by atoms with van der Waals surface area (Å²) in [5, 5.41) is 39.2. The van der Waals surface area contributed by atoms with E-state index >= 15 is 0 Å². The second kappa shape index (κ2) is 6.62. The Labute approximate surface area is 117 Å². The lowest BCUT2D eigenvalue weighted by Crippen LogP contribution is -2.64. The van der Waals surface area contributed by atoms with Gasteiger partial charge in [-0.1, -0.05) is 30.3 Å². The molecule has 6 nitrogen and oxygen atoms in total. The van der Waals surface area contributed by atoms with Gasteiger partial charge in [0.25, 0.3) is 0 Å². The second-order valence-electron chi connectivity index (χ2n) is 4.92. The first-order chi connectivity index (χ1) is 9.56. The van der Waals surface area contributed by atoms with Gasteiger partial charge in [-0.2, -0.15) is 0 Å². The molecule has 0 spiro atoms. The van der Waals surface area contributed by atoms with Crippen molar-refractivity contribution in [2.75, 3.05) is 7.11 Å². The van der Waals surface area contributed by atoms with E-state index in [4.69, 9.17) is 9.47 Å². The van der Waals surface area contributed by atoms with Crippen molar-refractivity contribution in [3.05, 3.63) is 35.9 Å². The minimum Gasteiger partial charge on any atom is -0.387 e. The normalized spacial score (nSPS) is 37.9. The van der Waals surface area contributed by atoms with Gasteiger partial charge in [-0.25, -0.2) is 0 Å². The Hall–Kier alpha value is -1.02. The lowest BCUT2D eigenvalue weighted by Gasteiger charge is -2.43. The minimum atomic E-state index is -1.47. The molecule has 0 amide bonds. The van der Waals surface area contributed by atoms with Crippen molar-refractivity contribution in [3.8, 4) is 0 Å². The average Bonchev–Trinajstić information content (AvgIpc) is 2.48. The predicted molar refractivity (Wildman–Crippen MR) is 69.8 cm³/mol. The number of aliphatic hydroxyl groups is 4. The zero-order valence-corrected chi connectivity index (χ0v) is 11.2. The summed E-state index contributed by atoms with van der Waals surface area (Å²) < 4.78 is 10.7. The number of hydrogen-bond acceptors (Lipinski definition) is 6. The van der Waals surface area contributed by atoms with E-state index in [0.29, 0.717) is 0 Å². The lowest BCUT2D eigenvalue weighted by atomic mass is 9.84. The first-order valence-corrected chi connectivity index (χ1v) is 6.47. The fraction of sp³-hybridized carbons (Fsp3) is 0.571. The third-order valence-electron chi connectivity index (χ3n) is 3.60. The number of rotatable bonds is 4. The van der Waals surface area contributed by atoms with Crippen LogP contribution in [0.2, 0.25) is 0 Å². The molecule has 1 fully saturated rings. The molecular formula is C14H20O6. The van der Waals surface area contributed by atoms with Crippen LogP contribution in [-0.4, -0.2) is 64.2 Å². The summed E-state index contributed by atoms with van der Waals surface area (Å²) in [6.45, 7) is 0.206. The second-order valence-corrected chi connectivity index (χ2v) is 4.92. The molecule has 0 unspecified atom stereocenters. The average molecular weight is 284 g/mol. The monoisotopic (exact) mass is 284 g/mol. The molecule has 20 heavy (non-hydrogen) atoms. The highest BCUT2D eigenvalue weighted by atomic mass is 16.6. The van der Waals surface area contributed by atoms with Crippen LogP contribution in [0, 0.1) is 0 Å². The third-order valence-corrected chi connectivity index (χ3v) is 3.60. The molecule has 1 aliphatic carbocycles. The van der Waals surface area contributed by atoms with E-state index in [9.17, 15) is 20.4 Å². The summed E-state index contributed by atoms with van der Waals surface area (Å²) in [5.41, 5.74) is 0.893. The highest BCUT2D eigenvalue weighted by molar-refractivity contribution is 5.13. The summed E-state index contributed by atoms with van der Waals surface area (Å²) in [6.07, 6.45) is -7.43. The maximum Gasteiger partial charge on any atom is 0.115 e. The zero-order chi connectivity index (χ0) is 14.7. The maximum atomic E-state index is 9.98. The highest BCUT2D eigenvalue weighted by Gasteiger charge is 2.49. The first-order valence-electron chi connectivity index (χ1n) is 6.47. The standard InChI is InChI=1S/C14H20O6/c1-19-13-11(17)9(15)10(16)12(18)14(13)20-7-8-5-3-2-4-6-8/h2-6,9-18H,7H2,1H3/t9-,10-,11+,12-,13-,14+/m0/s1. The number of hydrogen-bond donors (Lipinski definition) is 4. The molecule has 0 aromatic heterocycles. The van der Waals surface area contributed by atoms with Gasteiger partial charge in [-0.05, 0) is 5.56 Å². The van der Waals surface area contributed by atoms with Crippen molar-refractivity contribution >= 4 is 0 Å². The number of methoxy groups -OCH3 is 1. The Kier molecular flexibility index (Phi) is 5.09. The van der Waals surface area contributed by atoms with Crippen LogP contribution in [0.3, 0.4) is 0 Å². The van der Waals surface area contributed by atoms with Crippen molar-refractivity contribution in [2.45, 2.75) is 43.2 Å². The SMILES string of the molecule is CO[C@H]1[C@H](O)[C@@H](O)[C@H](O)[C@H](O)[C@H]1OCc1ccccc1. The summed E-state index contributed by atoms with van der Waals surface area (Å²) in [6, 6.07) is 9.31. The van der Waals surface area contributed by atoms with Crippen molar-refractivity contribution in [3.63, 3.8) is 0 Å². The smallest absolute Gasteiger partial charge is 0.115 e. The van der Waals surface area contributed by atoms with Crippen molar-refractivity contribution in [1.82, 2.24) is 0 Å². The van der Waals surface area contributed by atoms with Crippen molar-refractivity contribution in [2.24, 2.45) is 0 Å². The minimum absolute atomic E-state index is 0.206. The van der Waals surface area contributed by atoms with Crippen molar-refractivity contribution in [1.29, 1.82) is 0 Å². The van der Waals surface area contributed by atoms with Crippen LogP contribution in [0.25, 0.3) is 0 Å². The Morgan fingerprint density at radius 2 is 1.40 bits per heavy atom. The van der Waals surface area contributed by atoms with Crippen molar-refractivity contribution < 1.29 is 29.9 Å². The van der Waals surface area contributed by atoms with Gasteiger partial charge < -0.3 is 29.9 Å².